The van der Waals surface area contributed by atoms with Crippen molar-refractivity contribution in [2.75, 3.05) is 231 Å². The van der Waals surface area contributed by atoms with Gasteiger partial charge >= 0.3 is 5.97 Å². The summed E-state index contributed by atoms with van der Waals surface area (Å²) in [6.45, 7) is 61.8. The predicted octanol–water partition coefficient (Wildman–Crippen LogP) is 4.16. The standard InChI is InChI=1S/C87H178N20O11/c1-68(2)96-39-45-99(71(7)8)51-57-105(58-52-100(46-40-96)72(9)10)77(66-117-115-20)63-91-80(108)27-33-87(95-84(112)26-25-83(111)94-86(30-22-36-88,31-23-37-89)32-24-38-90,34-28-81(109)92-64-78(67-118-116-21)106-59-53-101(73(11)12)47-41-97(69(3)4)42-48-102(54-60-106)74(13)14)35-29-82(110)93-65-79(85(113)114-19)107-61-55-103(75(15)16)49-43-98(70(5)6)44-50-104(56-62-107)76(17)18/h68-79H,22-67,88-90H2,1-21H3,(H,91,108)(H,92,109)(H,93,110)(H,94,111)(H,95,112). The third kappa shape index (κ3) is 42.2. The Morgan fingerprint density at radius 3 is 0.712 bits per heavy atom. The van der Waals surface area contributed by atoms with Crippen molar-refractivity contribution in [3.8, 4) is 0 Å². The fourth-order valence-electron chi connectivity index (χ4n) is 16.9. The zero-order chi connectivity index (χ0) is 87.9. The van der Waals surface area contributed by atoms with E-state index in [0.717, 1.165) is 105 Å². The summed E-state index contributed by atoms with van der Waals surface area (Å²) in [6, 6.07) is 1.42. The third-order valence-electron chi connectivity index (χ3n) is 25.4. The number of carbonyl (C=O) groups is 6. The van der Waals surface area contributed by atoms with Gasteiger partial charge in [0, 0.05) is 274 Å². The Morgan fingerprint density at radius 2 is 0.500 bits per heavy atom. The lowest BCUT2D eigenvalue weighted by molar-refractivity contribution is -0.280. The van der Waals surface area contributed by atoms with E-state index < -0.39 is 34.9 Å². The summed E-state index contributed by atoms with van der Waals surface area (Å²) >= 11 is 0. The molecule has 0 aromatic rings. The maximum Gasteiger partial charge on any atom is 0.324 e. The molecule has 0 radical (unpaired) electrons. The lowest BCUT2D eigenvalue weighted by Crippen LogP contribution is -2.55. The molecule has 0 bridgehead atoms. The molecule has 118 heavy (non-hydrogen) atoms. The molecule has 3 aliphatic heterocycles. The summed E-state index contributed by atoms with van der Waals surface area (Å²) in [5.41, 5.74) is 16.2. The van der Waals surface area contributed by atoms with Crippen LogP contribution < -0.4 is 43.8 Å². The summed E-state index contributed by atoms with van der Waals surface area (Å²) in [5, 5.41) is 16.4. The first-order valence-electron chi connectivity index (χ1n) is 45.9. The quantitative estimate of drug-likeness (QED) is 0.0241. The first-order chi connectivity index (χ1) is 56.1. The smallest absolute Gasteiger partial charge is 0.324 e. The molecule has 3 rings (SSSR count). The number of nitrogens with zero attached hydrogens (tertiary/aromatic N) is 12. The molecule has 3 fully saturated rings. The van der Waals surface area contributed by atoms with E-state index in [4.69, 9.17) is 41.5 Å². The van der Waals surface area contributed by atoms with E-state index in [2.05, 4.69) is 210 Å². The van der Waals surface area contributed by atoms with Gasteiger partial charge in [-0.25, -0.2) is 19.6 Å². The SMILES string of the molecule is COOCC(CNC(=O)CCC(CCC(=O)NCC(COOC)N1CCN(C(C)C)CCN(C(C)C)CCN(C(C)C)CC1)(CCC(=O)NCC(C(=O)OC)N1CCN(C(C)C)CCN(C(C)C)CCN(C(C)C)CC1)NC(=O)CCC(=O)NC(CCCN)(CCCN)CCCN)N1CCN(C(C)C)CCN(C(C)C)CCN(C(C)C)CC1. The maximum absolute atomic E-state index is 15.2. The summed E-state index contributed by atoms with van der Waals surface area (Å²) in [4.78, 5) is 141. The van der Waals surface area contributed by atoms with E-state index in [1.165, 1.54) is 21.3 Å². The molecule has 0 spiro atoms. The van der Waals surface area contributed by atoms with Crippen molar-refractivity contribution in [2.45, 2.75) is 298 Å². The molecule has 11 N–H and O–H groups in total. The van der Waals surface area contributed by atoms with Crippen LogP contribution in [-0.2, 0) is 53.1 Å². The Hall–Kier alpha value is -3.94. The maximum atomic E-state index is 15.2. The number of rotatable bonds is 48. The molecule has 692 valence electrons. The van der Waals surface area contributed by atoms with Crippen LogP contribution >= 0.6 is 0 Å². The van der Waals surface area contributed by atoms with Crippen molar-refractivity contribution < 1.29 is 53.1 Å². The molecule has 31 nitrogen and oxygen atoms in total. The van der Waals surface area contributed by atoms with Gasteiger partial charge in [-0.2, -0.15) is 0 Å². The molecular formula is C87H178N20O11. The van der Waals surface area contributed by atoms with Crippen molar-refractivity contribution >= 4 is 35.5 Å². The minimum Gasteiger partial charge on any atom is -0.468 e. The molecule has 3 aliphatic rings. The third-order valence-corrected chi connectivity index (χ3v) is 25.4. The van der Waals surface area contributed by atoms with Crippen LogP contribution in [0, 0.1) is 0 Å². The highest BCUT2D eigenvalue weighted by atomic mass is 17.2. The van der Waals surface area contributed by atoms with Crippen LogP contribution in [0.15, 0.2) is 0 Å². The molecule has 3 heterocycles. The van der Waals surface area contributed by atoms with E-state index in [0.29, 0.717) is 153 Å². The van der Waals surface area contributed by atoms with Gasteiger partial charge in [0.2, 0.25) is 29.5 Å². The van der Waals surface area contributed by atoms with Crippen LogP contribution in [0.1, 0.15) is 215 Å². The minimum atomic E-state index is -1.39. The lowest BCUT2D eigenvalue weighted by atomic mass is 9.82. The molecule has 5 amide bonds. The largest absolute Gasteiger partial charge is 0.468 e. The van der Waals surface area contributed by atoms with E-state index >= 15 is 19.2 Å². The monoisotopic (exact) mass is 1680 g/mol. The van der Waals surface area contributed by atoms with E-state index in [1.54, 1.807) is 0 Å². The van der Waals surface area contributed by atoms with Gasteiger partial charge in [0.05, 0.1) is 46.6 Å². The fraction of sp³-hybridized carbons (Fsp3) is 0.931. The molecule has 0 saturated carbocycles. The number of amides is 5. The molecule has 3 saturated heterocycles. The van der Waals surface area contributed by atoms with Crippen molar-refractivity contribution in [2.24, 2.45) is 17.2 Å². The number of nitrogens with one attached hydrogen (secondary N) is 5. The predicted molar refractivity (Wildman–Crippen MR) is 477 cm³/mol. The first kappa shape index (κ1) is 108. The van der Waals surface area contributed by atoms with E-state index in [9.17, 15) is 9.59 Å². The summed E-state index contributed by atoms with van der Waals surface area (Å²) in [7, 11) is 4.37. The summed E-state index contributed by atoms with van der Waals surface area (Å²) < 4.78 is 5.57. The van der Waals surface area contributed by atoms with E-state index in [1.807, 2.05) is 0 Å². The second kappa shape index (κ2) is 59.8. The fourth-order valence-corrected chi connectivity index (χ4v) is 16.9. The van der Waals surface area contributed by atoms with Gasteiger partial charge in [-0.05, 0) is 202 Å². The second-order valence-electron chi connectivity index (χ2n) is 36.3. The van der Waals surface area contributed by atoms with Crippen LogP contribution in [0.25, 0.3) is 0 Å². The van der Waals surface area contributed by atoms with Gasteiger partial charge in [-0.15, -0.1) is 0 Å². The normalized spacial score (nSPS) is 19.7. The molecular weight excluding hydrogens is 1500 g/mol. The van der Waals surface area contributed by atoms with Gasteiger partial charge < -0.3 is 48.5 Å². The molecule has 0 aromatic heterocycles. The van der Waals surface area contributed by atoms with Crippen LogP contribution in [-0.4, -0.2) is 409 Å². The number of nitrogens with two attached hydrogens (primary N) is 3. The topological polar surface area (TPSA) is 326 Å². The zero-order valence-electron chi connectivity index (χ0n) is 78.5. The van der Waals surface area contributed by atoms with Crippen LogP contribution in [0.2, 0.25) is 0 Å². The van der Waals surface area contributed by atoms with Gasteiger partial charge in [0.1, 0.15) is 6.04 Å². The molecule has 0 aliphatic carbocycles. The Balaban J connectivity index is 2.26. The van der Waals surface area contributed by atoms with Crippen LogP contribution in [0.4, 0.5) is 0 Å². The second-order valence-corrected chi connectivity index (χ2v) is 36.3. The number of carbonyl (C=O) groups excluding carboxylic acids is 6. The molecule has 3 unspecified atom stereocenters. The first-order valence-corrected chi connectivity index (χ1v) is 45.9. The molecule has 3 atom stereocenters. The van der Waals surface area contributed by atoms with Crippen molar-refractivity contribution in [3.63, 3.8) is 0 Å². The average molecular weight is 1680 g/mol. The van der Waals surface area contributed by atoms with Crippen molar-refractivity contribution in [1.29, 1.82) is 0 Å². The van der Waals surface area contributed by atoms with Gasteiger partial charge in [0.15, 0.2) is 0 Å². The van der Waals surface area contributed by atoms with E-state index in [-0.39, 0.29) is 126 Å². The highest BCUT2D eigenvalue weighted by molar-refractivity contribution is 5.85. The summed E-state index contributed by atoms with van der Waals surface area (Å²) in [5.74, 6) is -2.28. The Morgan fingerprint density at radius 1 is 0.288 bits per heavy atom. The van der Waals surface area contributed by atoms with Crippen LogP contribution in [0.5, 0.6) is 0 Å². The highest BCUT2D eigenvalue weighted by Gasteiger charge is 2.38. The Bertz CT molecular complexity index is 2520. The Kier molecular flexibility index (Phi) is 54.9. The number of methoxy groups -OCH3 is 1. The number of esters is 1. The Labute approximate surface area is 716 Å². The summed E-state index contributed by atoms with van der Waals surface area (Å²) in [6.07, 6.45) is 3.06. The van der Waals surface area contributed by atoms with Crippen molar-refractivity contribution in [3.05, 3.63) is 0 Å². The molecule has 0 aromatic carbocycles. The number of ether oxygens (including phenoxy) is 1. The van der Waals surface area contributed by atoms with Crippen molar-refractivity contribution in [1.82, 2.24) is 85.4 Å². The minimum absolute atomic E-state index is 0.0121. The van der Waals surface area contributed by atoms with Crippen LogP contribution in [0.3, 0.4) is 0 Å². The number of hydrogen-bond acceptors (Lipinski definition) is 26. The van der Waals surface area contributed by atoms with Gasteiger partial charge in [-0.3, -0.25) is 87.6 Å². The lowest BCUT2D eigenvalue weighted by Gasteiger charge is -2.40. The van der Waals surface area contributed by atoms with Gasteiger partial charge in [0.25, 0.3) is 0 Å². The molecule has 31 heteroatoms. The van der Waals surface area contributed by atoms with Gasteiger partial charge in [-0.1, -0.05) is 0 Å². The highest BCUT2D eigenvalue weighted by Crippen LogP contribution is 2.29. The number of hydrogen-bond donors (Lipinski definition) is 8. The average Bonchev–Trinajstić information content (AvgIpc) is 0.892. The zero-order valence-corrected chi connectivity index (χ0v) is 78.5.